The van der Waals surface area contributed by atoms with Crippen LogP contribution in [0.1, 0.15) is 15.9 Å². The normalized spacial score (nSPS) is 11.2. The molecule has 1 N–H and O–H groups in total. The van der Waals surface area contributed by atoms with E-state index in [0.29, 0.717) is 16.7 Å². The minimum atomic E-state index is -0.682. The van der Waals surface area contributed by atoms with Crippen LogP contribution < -0.4 is 10.9 Å². The Morgan fingerprint density at radius 2 is 2.00 bits per heavy atom. The Hall–Kier alpha value is -3.36. The predicted octanol–water partition coefficient (Wildman–Crippen LogP) is 5.79. The van der Waals surface area contributed by atoms with Crippen LogP contribution in [0.2, 0.25) is 0 Å². The van der Waals surface area contributed by atoms with Crippen molar-refractivity contribution >= 4 is 60.2 Å². The average Bonchev–Trinajstić information content (AvgIpc) is 3.19. The zero-order valence-corrected chi connectivity index (χ0v) is 18.6. The number of rotatable bonds is 3. The van der Waals surface area contributed by atoms with Gasteiger partial charge in [-0.2, -0.15) is 0 Å². The quantitative estimate of drug-likeness (QED) is 0.323. The van der Waals surface area contributed by atoms with Gasteiger partial charge in [-0.3, -0.25) is 4.79 Å². The Balaban J connectivity index is 1.50. The first-order valence-electron chi connectivity index (χ1n) is 9.35. The molecule has 5 aromatic rings. The number of aryl methyl sites for hydroxylation is 1. The molecule has 0 atom stereocenters. The molecule has 8 heteroatoms. The van der Waals surface area contributed by atoms with E-state index in [4.69, 9.17) is 4.42 Å². The number of thiazole rings is 1. The van der Waals surface area contributed by atoms with Crippen molar-refractivity contribution in [1.82, 2.24) is 9.97 Å². The summed E-state index contributed by atoms with van der Waals surface area (Å²) < 4.78 is 6.14. The molecule has 3 aromatic heterocycles. The van der Waals surface area contributed by atoms with Crippen molar-refractivity contribution in [3.8, 4) is 10.6 Å². The second-order valence-electron chi connectivity index (χ2n) is 6.96. The zero-order chi connectivity index (χ0) is 21.5. The van der Waals surface area contributed by atoms with Crippen molar-refractivity contribution in [2.24, 2.45) is 0 Å². The molecule has 0 spiro atoms. The average molecular weight is 492 g/mol. The van der Waals surface area contributed by atoms with Crippen LogP contribution in [0.4, 0.5) is 5.69 Å². The highest BCUT2D eigenvalue weighted by atomic mass is 79.9. The van der Waals surface area contributed by atoms with Gasteiger partial charge in [-0.1, -0.05) is 39.4 Å². The van der Waals surface area contributed by atoms with E-state index in [1.54, 1.807) is 30.5 Å². The van der Waals surface area contributed by atoms with Gasteiger partial charge >= 0.3 is 5.63 Å². The number of carbonyl (C=O) groups excluding carboxylic acids is 1. The number of amides is 1. The smallest absolute Gasteiger partial charge is 0.349 e. The van der Waals surface area contributed by atoms with E-state index >= 15 is 0 Å². The van der Waals surface area contributed by atoms with Gasteiger partial charge in [-0.15, -0.1) is 0 Å². The fourth-order valence-corrected chi connectivity index (χ4v) is 4.51. The lowest BCUT2D eigenvalue weighted by Gasteiger charge is -2.10. The summed E-state index contributed by atoms with van der Waals surface area (Å²) in [5.74, 6) is -0.526. The summed E-state index contributed by atoms with van der Waals surface area (Å²) in [7, 11) is 0. The lowest BCUT2D eigenvalue weighted by Crippen LogP contribution is -2.21. The number of hydrogen-bond acceptors (Lipinski definition) is 6. The minimum absolute atomic E-state index is 0.0559. The highest BCUT2D eigenvalue weighted by Crippen LogP contribution is 2.31. The largest absolute Gasteiger partial charge is 0.422 e. The molecule has 0 aliphatic heterocycles. The molecule has 152 valence electrons. The Morgan fingerprint density at radius 1 is 1.13 bits per heavy atom. The first-order chi connectivity index (χ1) is 15.0. The predicted molar refractivity (Wildman–Crippen MR) is 126 cm³/mol. The molecule has 0 bridgehead atoms. The Kier molecular flexibility index (Phi) is 4.88. The van der Waals surface area contributed by atoms with Gasteiger partial charge < -0.3 is 9.73 Å². The van der Waals surface area contributed by atoms with Crippen molar-refractivity contribution in [3.63, 3.8) is 0 Å². The van der Waals surface area contributed by atoms with Crippen molar-refractivity contribution in [2.75, 3.05) is 5.32 Å². The van der Waals surface area contributed by atoms with E-state index in [1.807, 2.05) is 37.3 Å². The van der Waals surface area contributed by atoms with E-state index in [1.165, 1.54) is 11.3 Å². The first-order valence-corrected chi connectivity index (χ1v) is 11.0. The molecule has 5 rings (SSSR count). The molecule has 2 aromatic carbocycles. The minimum Gasteiger partial charge on any atom is -0.422 e. The van der Waals surface area contributed by atoms with Crippen LogP contribution in [0.15, 0.2) is 74.5 Å². The second kappa shape index (κ2) is 7.72. The summed E-state index contributed by atoms with van der Waals surface area (Å²) in [6, 6.07) is 16.3. The summed E-state index contributed by atoms with van der Waals surface area (Å²) in [6.45, 7) is 1.89. The number of fused-ring (bicyclic) bond motifs is 2. The number of anilines is 1. The van der Waals surface area contributed by atoms with Crippen LogP contribution in [0, 0.1) is 6.92 Å². The molecule has 0 saturated heterocycles. The third kappa shape index (κ3) is 3.75. The zero-order valence-electron chi connectivity index (χ0n) is 16.2. The molecule has 0 fully saturated rings. The molecular weight excluding hydrogens is 478 g/mol. The SMILES string of the molecule is Cc1ccc(-c2nc3cccnc3s2)cc1NC(=O)c1cc2cc(Br)ccc2oc1=O. The third-order valence-corrected chi connectivity index (χ3v) is 6.36. The molecule has 0 saturated carbocycles. The maximum Gasteiger partial charge on any atom is 0.349 e. The van der Waals surface area contributed by atoms with E-state index in [9.17, 15) is 9.59 Å². The summed E-state index contributed by atoms with van der Waals surface area (Å²) in [5, 5.41) is 4.30. The molecular formula is C23H14BrN3O3S. The van der Waals surface area contributed by atoms with E-state index < -0.39 is 11.5 Å². The van der Waals surface area contributed by atoms with Gasteiger partial charge in [-0.25, -0.2) is 14.8 Å². The Morgan fingerprint density at radius 3 is 2.84 bits per heavy atom. The molecule has 3 heterocycles. The highest BCUT2D eigenvalue weighted by Gasteiger charge is 2.16. The third-order valence-electron chi connectivity index (χ3n) is 4.84. The molecule has 31 heavy (non-hydrogen) atoms. The number of benzene rings is 2. The fourth-order valence-electron chi connectivity index (χ4n) is 3.23. The van der Waals surface area contributed by atoms with Crippen LogP contribution in [0.3, 0.4) is 0 Å². The van der Waals surface area contributed by atoms with Gasteiger partial charge in [0.05, 0.1) is 0 Å². The van der Waals surface area contributed by atoms with E-state index in [-0.39, 0.29) is 5.56 Å². The van der Waals surface area contributed by atoms with Crippen molar-refractivity contribution in [3.05, 3.63) is 86.8 Å². The monoisotopic (exact) mass is 491 g/mol. The lowest BCUT2D eigenvalue weighted by molar-refractivity contribution is 0.102. The second-order valence-corrected chi connectivity index (χ2v) is 8.85. The number of nitrogens with zero attached hydrogens (tertiary/aromatic N) is 2. The number of hydrogen-bond donors (Lipinski definition) is 1. The molecule has 0 radical (unpaired) electrons. The molecule has 0 aliphatic rings. The lowest BCUT2D eigenvalue weighted by atomic mass is 10.1. The number of carbonyl (C=O) groups is 1. The van der Waals surface area contributed by atoms with Crippen LogP contribution in [0.5, 0.6) is 0 Å². The van der Waals surface area contributed by atoms with Crippen LogP contribution >= 0.6 is 27.3 Å². The van der Waals surface area contributed by atoms with Gasteiger partial charge in [0, 0.05) is 27.3 Å². The fraction of sp³-hybridized carbons (Fsp3) is 0.0435. The van der Waals surface area contributed by atoms with E-state index in [0.717, 1.165) is 31.0 Å². The molecule has 0 unspecified atom stereocenters. The summed E-state index contributed by atoms with van der Waals surface area (Å²) in [6.07, 6.45) is 1.73. The number of pyridine rings is 1. The van der Waals surface area contributed by atoms with Crippen LogP contribution in [0.25, 0.3) is 31.9 Å². The Labute approximate surface area is 188 Å². The maximum atomic E-state index is 12.9. The van der Waals surface area contributed by atoms with Crippen molar-refractivity contribution in [1.29, 1.82) is 0 Å². The van der Waals surface area contributed by atoms with E-state index in [2.05, 4.69) is 31.2 Å². The summed E-state index contributed by atoms with van der Waals surface area (Å²) in [4.78, 5) is 35.1. The summed E-state index contributed by atoms with van der Waals surface area (Å²) in [5.41, 5.74) is 2.84. The highest BCUT2D eigenvalue weighted by molar-refractivity contribution is 9.10. The number of aromatic nitrogens is 2. The Bertz CT molecular complexity index is 1510. The molecule has 0 aliphatic carbocycles. The topological polar surface area (TPSA) is 85.1 Å². The van der Waals surface area contributed by atoms with Crippen molar-refractivity contribution in [2.45, 2.75) is 6.92 Å². The summed E-state index contributed by atoms with van der Waals surface area (Å²) >= 11 is 4.87. The standard InChI is InChI=1S/C23H14BrN3O3S/c1-12-4-5-13(21-27-17-3-2-8-25-22(17)31-21)11-18(12)26-20(28)16-10-14-9-15(24)6-7-19(14)30-23(16)29/h2-11H,1H3,(H,26,28). The maximum absolute atomic E-state index is 12.9. The van der Waals surface area contributed by atoms with Crippen molar-refractivity contribution < 1.29 is 9.21 Å². The number of halogens is 1. The number of nitrogens with one attached hydrogen (secondary N) is 1. The van der Waals surface area contributed by atoms with Gasteiger partial charge in [0.25, 0.3) is 5.91 Å². The first kappa shape index (κ1) is 19.6. The molecule has 1 amide bonds. The van der Waals surface area contributed by atoms with Gasteiger partial charge in [0.2, 0.25) is 0 Å². The van der Waals surface area contributed by atoms with Gasteiger partial charge in [0.1, 0.15) is 26.5 Å². The van der Waals surface area contributed by atoms with Gasteiger partial charge in [-0.05, 0) is 55.0 Å². The van der Waals surface area contributed by atoms with Crippen LogP contribution in [-0.4, -0.2) is 15.9 Å². The molecule has 6 nitrogen and oxygen atoms in total. The van der Waals surface area contributed by atoms with Crippen LogP contribution in [-0.2, 0) is 0 Å². The van der Waals surface area contributed by atoms with Gasteiger partial charge in [0.15, 0.2) is 0 Å².